The van der Waals surface area contributed by atoms with E-state index in [1.54, 1.807) is 12.1 Å². The molecule has 0 unspecified atom stereocenters. The third-order valence-electron chi connectivity index (χ3n) is 3.39. The zero-order chi connectivity index (χ0) is 16.7. The third kappa shape index (κ3) is 5.23. The molecule has 0 saturated heterocycles. The van der Waals surface area contributed by atoms with Crippen molar-refractivity contribution in [1.82, 2.24) is 5.32 Å². The lowest BCUT2D eigenvalue weighted by atomic mass is 10.1. The van der Waals surface area contributed by atoms with Crippen molar-refractivity contribution in [3.63, 3.8) is 0 Å². The second kappa shape index (κ2) is 8.10. The Morgan fingerprint density at radius 3 is 2.35 bits per heavy atom. The van der Waals surface area contributed by atoms with Crippen LogP contribution in [0.5, 0.6) is 0 Å². The highest BCUT2D eigenvalue weighted by molar-refractivity contribution is 6.39. The predicted molar refractivity (Wildman–Crippen MR) is 88.9 cm³/mol. The fraction of sp³-hybridized carbons (Fsp3) is 0.222. The number of aliphatic hydroxyl groups is 1. The average Bonchev–Trinajstić information content (AvgIpc) is 2.55. The molecule has 0 spiro atoms. The first-order valence-electron chi connectivity index (χ1n) is 7.43. The average molecular weight is 312 g/mol. The molecule has 0 saturated carbocycles. The number of nitrogens with one attached hydrogen (secondary N) is 2. The van der Waals surface area contributed by atoms with Gasteiger partial charge in [-0.25, -0.2) is 0 Å². The molecule has 3 N–H and O–H groups in total. The number of benzene rings is 2. The van der Waals surface area contributed by atoms with Crippen LogP contribution in [0.2, 0.25) is 0 Å². The second-order valence-electron chi connectivity index (χ2n) is 5.30. The van der Waals surface area contributed by atoms with Crippen molar-refractivity contribution >= 4 is 17.5 Å². The molecule has 0 radical (unpaired) electrons. The van der Waals surface area contributed by atoms with Crippen molar-refractivity contribution in [2.45, 2.75) is 20.0 Å². The summed E-state index contributed by atoms with van der Waals surface area (Å²) in [5.41, 5.74) is 3.48. The van der Waals surface area contributed by atoms with Crippen molar-refractivity contribution in [3.8, 4) is 0 Å². The van der Waals surface area contributed by atoms with Crippen molar-refractivity contribution in [2.75, 3.05) is 11.9 Å². The maximum absolute atomic E-state index is 11.8. The molecule has 23 heavy (non-hydrogen) atoms. The molecule has 0 aliphatic carbocycles. The van der Waals surface area contributed by atoms with Crippen LogP contribution in [0.4, 0.5) is 5.69 Å². The van der Waals surface area contributed by atoms with Crippen LogP contribution in [0.3, 0.4) is 0 Å². The van der Waals surface area contributed by atoms with E-state index in [-0.39, 0.29) is 6.61 Å². The summed E-state index contributed by atoms with van der Waals surface area (Å²) in [5, 5.41) is 14.1. The Balaban J connectivity index is 1.78. The largest absolute Gasteiger partial charge is 0.392 e. The van der Waals surface area contributed by atoms with E-state index in [1.165, 1.54) is 0 Å². The minimum absolute atomic E-state index is 0.0101. The van der Waals surface area contributed by atoms with Crippen molar-refractivity contribution in [2.24, 2.45) is 0 Å². The molecule has 0 atom stereocenters. The standard InChI is InChI=1S/C18H20N2O3/c1-13-3-2-4-16(11-13)20-18(23)17(22)19-10-9-14-5-7-15(12-21)8-6-14/h2-8,11,21H,9-10,12H2,1H3,(H,19,22)(H,20,23). The van der Waals surface area contributed by atoms with Crippen LogP contribution < -0.4 is 10.6 Å². The van der Waals surface area contributed by atoms with Crippen LogP contribution in [0.25, 0.3) is 0 Å². The molecule has 0 aliphatic heterocycles. The maximum atomic E-state index is 11.8. The summed E-state index contributed by atoms with van der Waals surface area (Å²) >= 11 is 0. The molecule has 2 rings (SSSR count). The van der Waals surface area contributed by atoms with E-state index in [1.807, 2.05) is 43.3 Å². The van der Waals surface area contributed by atoms with Gasteiger partial charge in [0.1, 0.15) is 0 Å². The number of rotatable bonds is 5. The molecule has 5 heteroatoms. The van der Waals surface area contributed by atoms with Gasteiger partial charge < -0.3 is 15.7 Å². The topological polar surface area (TPSA) is 78.4 Å². The Morgan fingerprint density at radius 1 is 1.00 bits per heavy atom. The molecule has 0 heterocycles. The fourth-order valence-electron chi connectivity index (χ4n) is 2.12. The quantitative estimate of drug-likeness (QED) is 0.737. The highest BCUT2D eigenvalue weighted by Crippen LogP contribution is 2.09. The first-order valence-corrected chi connectivity index (χ1v) is 7.43. The van der Waals surface area contributed by atoms with E-state index < -0.39 is 11.8 Å². The van der Waals surface area contributed by atoms with Crippen molar-refractivity contribution in [3.05, 3.63) is 65.2 Å². The molecular formula is C18H20N2O3. The Kier molecular flexibility index (Phi) is 5.88. The molecular weight excluding hydrogens is 292 g/mol. The molecule has 2 amide bonds. The summed E-state index contributed by atoms with van der Waals surface area (Å²) in [4.78, 5) is 23.6. The Morgan fingerprint density at radius 2 is 1.70 bits per heavy atom. The van der Waals surface area contributed by atoms with Gasteiger partial charge in [-0.15, -0.1) is 0 Å². The number of carbonyl (C=O) groups is 2. The smallest absolute Gasteiger partial charge is 0.313 e. The summed E-state index contributed by atoms with van der Waals surface area (Å²) in [6.45, 7) is 2.30. The van der Waals surface area contributed by atoms with Gasteiger partial charge in [-0.1, -0.05) is 36.4 Å². The van der Waals surface area contributed by atoms with Gasteiger partial charge in [-0.2, -0.15) is 0 Å². The van der Waals surface area contributed by atoms with Gasteiger partial charge in [-0.3, -0.25) is 9.59 Å². The predicted octanol–water partition coefficient (Wildman–Crippen LogP) is 1.78. The third-order valence-corrected chi connectivity index (χ3v) is 3.39. The molecule has 5 nitrogen and oxygen atoms in total. The van der Waals surface area contributed by atoms with Crippen molar-refractivity contribution < 1.29 is 14.7 Å². The molecule has 120 valence electrons. The summed E-state index contributed by atoms with van der Waals surface area (Å²) < 4.78 is 0. The van der Waals surface area contributed by atoms with E-state index in [2.05, 4.69) is 10.6 Å². The highest BCUT2D eigenvalue weighted by Gasteiger charge is 2.12. The van der Waals surface area contributed by atoms with Crippen LogP contribution in [0, 0.1) is 6.92 Å². The van der Waals surface area contributed by atoms with Crippen LogP contribution in [0.15, 0.2) is 48.5 Å². The zero-order valence-corrected chi connectivity index (χ0v) is 13.0. The number of amides is 2. The second-order valence-corrected chi connectivity index (χ2v) is 5.30. The van der Waals surface area contributed by atoms with Crippen LogP contribution in [-0.2, 0) is 22.6 Å². The van der Waals surface area contributed by atoms with Gasteiger partial charge in [0, 0.05) is 12.2 Å². The van der Waals surface area contributed by atoms with Gasteiger partial charge in [0.25, 0.3) is 0 Å². The van der Waals surface area contributed by atoms with E-state index in [0.717, 1.165) is 16.7 Å². The Labute approximate surface area is 135 Å². The fourth-order valence-corrected chi connectivity index (χ4v) is 2.12. The van der Waals surface area contributed by atoms with Crippen LogP contribution in [-0.4, -0.2) is 23.5 Å². The van der Waals surface area contributed by atoms with E-state index in [9.17, 15) is 9.59 Å². The number of aryl methyl sites for hydroxylation is 1. The van der Waals surface area contributed by atoms with Crippen LogP contribution >= 0.6 is 0 Å². The molecule has 2 aromatic rings. The molecule has 2 aromatic carbocycles. The normalized spacial score (nSPS) is 10.2. The SMILES string of the molecule is Cc1cccc(NC(=O)C(=O)NCCc2ccc(CO)cc2)c1. The van der Waals surface area contributed by atoms with Crippen molar-refractivity contribution in [1.29, 1.82) is 0 Å². The Hall–Kier alpha value is -2.66. The number of hydrogen-bond donors (Lipinski definition) is 3. The lowest BCUT2D eigenvalue weighted by Crippen LogP contribution is -2.36. The van der Waals surface area contributed by atoms with Gasteiger partial charge in [0.2, 0.25) is 0 Å². The lowest BCUT2D eigenvalue weighted by molar-refractivity contribution is -0.136. The van der Waals surface area contributed by atoms with Gasteiger partial charge in [0.05, 0.1) is 6.61 Å². The molecule has 0 bridgehead atoms. The highest BCUT2D eigenvalue weighted by atomic mass is 16.3. The van der Waals surface area contributed by atoms with E-state index in [4.69, 9.17) is 5.11 Å². The molecule has 0 aliphatic rings. The van der Waals surface area contributed by atoms with Gasteiger partial charge in [-0.05, 0) is 42.2 Å². The first-order chi connectivity index (χ1) is 11.1. The van der Waals surface area contributed by atoms with E-state index in [0.29, 0.717) is 18.7 Å². The van der Waals surface area contributed by atoms with E-state index >= 15 is 0 Å². The number of hydrogen-bond acceptors (Lipinski definition) is 3. The zero-order valence-electron chi connectivity index (χ0n) is 13.0. The maximum Gasteiger partial charge on any atom is 0.313 e. The van der Waals surface area contributed by atoms with Gasteiger partial charge >= 0.3 is 11.8 Å². The monoisotopic (exact) mass is 312 g/mol. The molecule has 0 fully saturated rings. The minimum atomic E-state index is -0.675. The number of anilines is 1. The summed E-state index contributed by atoms with van der Waals surface area (Å²) in [5.74, 6) is -1.33. The lowest BCUT2D eigenvalue weighted by Gasteiger charge is -2.07. The van der Waals surface area contributed by atoms with Crippen LogP contribution in [0.1, 0.15) is 16.7 Å². The number of carbonyl (C=O) groups excluding carboxylic acids is 2. The minimum Gasteiger partial charge on any atom is -0.392 e. The molecule has 0 aromatic heterocycles. The number of aliphatic hydroxyl groups excluding tert-OH is 1. The summed E-state index contributed by atoms with van der Waals surface area (Å²) in [6, 6.07) is 14.7. The summed E-state index contributed by atoms with van der Waals surface area (Å²) in [6.07, 6.45) is 0.620. The van der Waals surface area contributed by atoms with Gasteiger partial charge in [0.15, 0.2) is 0 Å². The first kappa shape index (κ1) is 16.7. The summed E-state index contributed by atoms with van der Waals surface area (Å²) in [7, 11) is 0. The Bertz CT molecular complexity index is 681.